The van der Waals surface area contributed by atoms with E-state index in [0.717, 1.165) is 58.3 Å². The Hall–Kier alpha value is -3.65. The van der Waals surface area contributed by atoms with Gasteiger partial charge in [-0.1, -0.05) is 55.8 Å². The van der Waals surface area contributed by atoms with E-state index in [1.807, 2.05) is 12.1 Å². The van der Waals surface area contributed by atoms with E-state index in [9.17, 15) is 4.79 Å². The second kappa shape index (κ2) is 10.5. The quantitative estimate of drug-likeness (QED) is 0.313. The molecule has 0 aliphatic heterocycles. The van der Waals surface area contributed by atoms with E-state index < -0.39 is 0 Å². The van der Waals surface area contributed by atoms with E-state index >= 15 is 0 Å². The van der Waals surface area contributed by atoms with Gasteiger partial charge in [0.15, 0.2) is 5.82 Å². The zero-order chi connectivity index (χ0) is 24.1. The molecule has 8 heteroatoms. The molecule has 0 bridgehead atoms. The number of rotatable bonds is 10. The largest absolute Gasteiger partial charge is 0.368 e. The highest BCUT2D eigenvalue weighted by atomic mass is 16.2. The molecule has 0 fully saturated rings. The Balaban J connectivity index is 1.68. The Kier molecular flexibility index (Phi) is 7.27. The molecular weight excluding hydrogens is 426 g/mol. The van der Waals surface area contributed by atoms with Gasteiger partial charge in [-0.3, -0.25) is 4.79 Å². The first-order chi connectivity index (χ1) is 16.5. The average Bonchev–Trinajstić information content (AvgIpc) is 3.13. The number of amides is 1. The molecule has 2 aromatic carbocycles. The third kappa shape index (κ3) is 5.12. The van der Waals surface area contributed by atoms with E-state index in [1.54, 1.807) is 19.0 Å². The van der Waals surface area contributed by atoms with Crippen LogP contribution in [0.1, 0.15) is 30.9 Å². The minimum Gasteiger partial charge on any atom is -0.368 e. The van der Waals surface area contributed by atoms with Gasteiger partial charge in [-0.15, -0.1) is 0 Å². The standard InChI is InChI=1S/C26H33N7O/c1-4-5-13-29-25-24-23(30-26(27)31-25)20-11-6-7-12-21(20)33(24)17-19-10-8-9-18(14-19)15-28-16-22(34)32(2)3/h6-12,14,28H,4-5,13,15-17H2,1-3H3,(H3,27,29,30,31). The van der Waals surface area contributed by atoms with E-state index in [1.165, 1.54) is 0 Å². The predicted octanol–water partition coefficient (Wildman–Crippen LogP) is 3.60. The molecular formula is C26H33N7O. The Labute approximate surface area is 200 Å². The zero-order valence-corrected chi connectivity index (χ0v) is 20.1. The topological polar surface area (TPSA) is 101 Å². The van der Waals surface area contributed by atoms with Gasteiger partial charge >= 0.3 is 0 Å². The van der Waals surface area contributed by atoms with E-state index in [2.05, 4.69) is 68.5 Å². The molecule has 4 N–H and O–H groups in total. The number of hydrogen-bond donors (Lipinski definition) is 3. The van der Waals surface area contributed by atoms with Crippen LogP contribution in [0.5, 0.6) is 0 Å². The lowest BCUT2D eigenvalue weighted by atomic mass is 10.1. The minimum atomic E-state index is 0.0591. The Morgan fingerprint density at radius 2 is 1.88 bits per heavy atom. The molecule has 8 nitrogen and oxygen atoms in total. The molecule has 34 heavy (non-hydrogen) atoms. The van der Waals surface area contributed by atoms with Crippen LogP contribution in [-0.2, 0) is 17.9 Å². The number of likely N-dealkylation sites (N-methyl/N-ethyl adjacent to an activating group) is 1. The van der Waals surface area contributed by atoms with Gasteiger partial charge in [-0.2, -0.15) is 4.98 Å². The third-order valence-electron chi connectivity index (χ3n) is 5.88. The van der Waals surface area contributed by atoms with Gasteiger partial charge in [-0.25, -0.2) is 4.98 Å². The number of nitrogens with two attached hydrogens (primary N) is 1. The van der Waals surface area contributed by atoms with Crippen LogP contribution in [0.2, 0.25) is 0 Å². The van der Waals surface area contributed by atoms with Gasteiger partial charge in [0.05, 0.1) is 12.1 Å². The fourth-order valence-electron chi connectivity index (χ4n) is 4.11. The van der Waals surface area contributed by atoms with Gasteiger partial charge in [0.25, 0.3) is 0 Å². The van der Waals surface area contributed by atoms with Crippen LogP contribution in [0, 0.1) is 0 Å². The predicted molar refractivity (Wildman–Crippen MR) is 139 cm³/mol. The summed E-state index contributed by atoms with van der Waals surface area (Å²) >= 11 is 0. The first kappa shape index (κ1) is 23.5. The number of benzene rings is 2. The highest BCUT2D eigenvalue weighted by Crippen LogP contribution is 2.33. The molecule has 0 unspecified atom stereocenters. The maximum Gasteiger partial charge on any atom is 0.236 e. The fraction of sp³-hybridized carbons (Fsp3) is 0.346. The Morgan fingerprint density at radius 1 is 1.09 bits per heavy atom. The van der Waals surface area contributed by atoms with E-state index in [0.29, 0.717) is 19.6 Å². The number of aromatic nitrogens is 3. The average molecular weight is 460 g/mol. The molecule has 4 rings (SSSR count). The number of fused-ring (bicyclic) bond motifs is 3. The van der Waals surface area contributed by atoms with Crippen molar-refractivity contribution in [3.63, 3.8) is 0 Å². The molecule has 2 aromatic heterocycles. The van der Waals surface area contributed by atoms with Crippen LogP contribution >= 0.6 is 0 Å². The number of nitrogen functional groups attached to an aromatic ring is 1. The van der Waals surface area contributed by atoms with Gasteiger partial charge in [0.1, 0.15) is 11.0 Å². The number of unbranched alkanes of at least 4 members (excludes halogenated alkanes) is 1. The highest BCUT2D eigenvalue weighted by molar-refractivity contribution is 6.09. The SMILES string of the molecule is CCCCNc1nc(N)nc2c3ccccc3n(Cc3cccc(CNCC(=O)N(C)C)c3)c12. The lowest BCUT2D eigenvalue weighted by molar-refractivity contribution is -0.127. The number of carbonyl (C=O) groups excluding carboxylic acids is 1. The molecule has 0 saturated heterocycles. The first-order valence-corrected chi connectivity index (χ1v) is 11.7. The van der Waals surface area contributed by atoms with Crippen molar-refractivity contribution in [2.45, 2.75) is 32.9 Å². The monoisotopic (exact) mass is 459 g/mol. The molecule has 0 saturated carbocycles. The van der Waals surface area contributed by atoms with Crippen LogP contribution < -0.4 is 16.4 Å². The van der Waals surface area contributed by atoms with Crippen LogP contribution in [0.4, 0.5) is 11.8 Å². The van der Waals surface area contributed by atoms with Gasteiger partial charge < -0.3 is 25.8 Å². The second-order valence-electron chi connectivity index (χ2n) is 8.72. The highest BCUT2D eigenvalue weighted by Gasteiger charge is 2.17. The summed E-state index contributed by atoms with van der Waals surface area (Å²) in [5.74, 6) is 1.10. The molecule has 2 heterocycles. The maximum atomic E-state index is 11.8. The van der Waals surface area contributed by atoms with Gasteiger partial charge in [0.2, 0.25) is 11.9 Å². The summed E-state index contributed by atoms with van der Waals surface area (Å²) < 4.78 is 2.26. The number of hydrogen-bond acceptors (Lipinski definition) is 6. The minimum absolute atomic E-state index is 0.0591. The summed E-state index contributed by atoms with van der Waals surface area (Å²) in [6, 6.07) is 16.7. The van der Waals surface area contributed by atoms with E-state index in [-0.39, 0.29) is 11.9 Å². The van der Waals surface area contributed by atoms with Crippen LogP contribution in [0.3, 0.4) is 0 Å². The molecule has 0 aliphatic carbocycles. The number of carbonyl (C=O) groups is 1. The fourth-order valence-corrected chi connectivity index (χ4v) is 4.11. The van der Waals surface area contributed by atoms with Crippen molar-refractivity contribution in [3.05, 3.63) is 59.7 Å². The van der Waals surface area contributed by atoms with E-state index in [4.69, 9.17) is 5.73 Å². The van der Waals surface area contributed by atoms with Crippen molar-refractivity contribution in [1.82, 2.24) is 24.8 Å². The zero-order valence-electron chi connectivity index (χ0n) is 20.1. The summed E-state index contributed by atoms with van der Waals surface area (Å²) in [5, 5.41) is 7.77. The summed E-state index contributed by atoms with van der Waals surface area (Å²) in [7, 11) is 3.53. The van der Waals surface area contributed by atoms with Crippen molar-refractivity contribution in [3.8, 4) is 0 Å². The van der Waals surface area contributed by atoms with Crippen molar-refractivity contribution in [2.24, 2.45) is 0 Å². The summed E-state index contributed by atoms with van der Waals surface area (Å²) in [6.07, 6.45) is 2.15. The Morgan fingerprint density at radius 3 is 2.68 bits per heavy atom. The smallest absolute Gasteiger partial charge is 0.236 e. The molecule has 0 atom stereocenters. The van der Waals surface area contributed by atoms with Crippen molar-refractivity contribution in [1.29, 1.82) is 0 Å². The number of para-hydroxylation sites is 1. The molecule has 0 radical (unpaired) electrons. The molecule has 1 amide bonds. The van der Waals surface area contributed by atoms with Gasteiger partial charge in [-0.05, 0) is 23.6 Å². The lowest BCUT2D eigenvalue weighted by Crippen LogP contribution is -2.32. The summed E-state index contributed by atoms with van der Waals surface area (Å²) in [6.45, 7) is 4.61. The van der Waals surface area contributed by atoms with Crippen molar-refractivity contribution in [2.75, 3.05) is 38.2 Å². The summed E-state index contributed by atoms with van der Waals surface area (Å²) in [4.78, 5) is 22.6. The lowest BCUT2D eigenvalue weighted by Gasteiger charge is -2.13. The van der Waals surface area contributed by atoms with Gasteiger partial charge in [0, 0.05) is 39.1 Å². The molecule has 0 spiro atoms. The summed E-state index contributed by atoms with van der Waals surface area (Å²) in [5.41, 5.74) is 11.3. The second-order valence-corrected chi connectivity index (χ2v) is 8.72. The van der Waals surface area contributed by atoms with Crippen molar-refractivity contribution >= 4 is 39.6 Å². The van der Waals surface area contributed by atoms with Crippen LogP contribution in [0.15, 0.2) is 48.5 Å². The first-order valence-electron chi connectivity index (χ1n) is 11.7. The third-order valence-corrected chi connectivity index (χ3v) is 5.88. The molecule has 0 aliphatic rings. The number of nitrogens with one attached hydrogen (secondary N) is 2. The maximum absolute atomic E-state index is 11.8. The van der Waals surface area contributed by atoms with Crippen LogP contribution in [0.25, 0.3) is 21.9 Å². The molecule has 178 valence electrons. The number of nitrogens with zero attached hydrogens (tertiary/aromatic N) is 4. The normalized spacial score (nSPS) is 11.3. The van der Waals surface area contributed by atoms with Crippen LogP contribution in [-0.4, -0.2) is 52.5 Å². The number of anilines is 2. The molecule has 4 aromatic rings. The Bertz CT molecular complexity index is 1300. The van der Waals surface area contributed by atoms with Crippen molar-refractivity contribution < 1.29 is 4.79 Å².